The van der Waals surface area contributed by atoms with Gasteiger partial charge in [-0.3, -0.25) is 4.79 Å². The maximum absolute atomic E-state index is 10.1. The van der Waals surface area contributed by atoms with Gasteiger partial charge in [0.05, 0.1) is 12.2 Å². The molecule has 3 rings (SSSR count). The van der Waals surface area contributed by atoms with E-state index in [0.29, 0.717) is 12.5 Å². The summed E-state index contributed by atoms with van der Waals surface area (Å²) in [5, 5.41) is 36.3. The van der Waals surface area contributed by atoms with E-state index in [-0.39, 0.29) is 18.6 Å². The predicted octanol–water partition coefficient (Wildman–Crippen LogP) is -0.292. The quantitative estimate of drug-likeness (QED) is 0.568. The van der Waals surface area contributed by atoms with Gasteiger partial charge in [-0.25, -0.2) is 4.98 Å². The van der Waals surface area contributed by atoms with Crippen LogP contribution in [0.5, 0.6) is 0 Å². The molecule has 26 heavy (non-hydrogen) atoms. The van der Waals surface area contributed by atoms with Gasteiger partial charge < -0.3 is 30.2 Å². The SMILES string of the molecule is CC(=O)O.OC[C@H]1CCN(c2nccc(N3CCC(O)CC3)n2)C[C@@H]1O. The zero-order valence-corrected chi connectivity index (χ0v) is 15.0. The molecule has 0 unspecified atom stereocenters. The van der Waals surface area contributed by atoms with Gasteiger partial charge in [-0.1, -0.05) is 0 Å². The molecule has 0 bridgehead atoms. The van der Waals surface area contributed by atoms with E-state index in [4.69, 9.17) is 9.90 Å². The van der Waals surface area contributed by atoms with Crippen molar-refractivity contribution in [1.82, 2.24) is 9.97 Å². The number of rotatable bonds is 3. The number of carboxylic acid groups (broad SMARTS) is 1. The van der Waals surface area contributed by atoms with Gasteiger partial charge in [-0.2, -0.15) is 4.98 Å². The average molecular weight is 368 g/mol. The lowest BCUT2D eigenvalue weighted by Gasteiger charge is -2.36. The second-order valence-corrected chi connectivity index (χ2v) is 6.70. The normalized spacial score (nSPS) is 24.0. The molecule has 0 spiro atoms. The number of carbonyl (C=O) groups is 1. The molecule has 0 amide bonds. The van der Waals surface area contributed by atoms with Crippen LogP contribution in [0.3, 0.4) is 0 Å². The Hall–Kier alpha value is -1.97. The third-order valence-electron chi connectivity index (χ3n) is 4.66. The first-order valence-electron chi connectivity index (χ1n) is 8.90. The fourth-order valence-corrected chi connectivity index (χ4v) is 3.14. The van der Waals surface area contributed by atoms with Crippen LogP contribution in [-0.4, -0.2) is 81.4 Å². The number of β-amino-alcohol motifs (C(OH)–C–C–N with tert-alkyl or cyclic N) is 1. The first kappa shape index (κ1) is 20.3. The highest BCUT2D eigenvalue weighted by Crippen LogP contribution is 2.23. The van der Waals surface area contributed by atoms with Crippen molar-refractivity contribution in [1.29, 1.82) is 0 Å². The van der Waals surface area contributed by atoms with Gasteiger partial charge in [0.25, 0.3) is 5.97 Å². The lowest BCUT2D eigenvalue weighted by atomic mass is 9.95. The number of carboxylic acids is 1. The Morgan fingerprint density at radius 3 is 2.38 bits per heavy atom. The zero-order chi connectivity index (χ0) is 19.1. The number of piperidine rings is 2. The summed E-state index contributed by atoms with van der Waals surface area (Å²) in [7, 11) is 0. The molecule has 4 N–H and O–H groups in total. The summed E-state index contributed by atoms with van der Waals surface area (Å²) in [4.78, 5) is 22.1. The number of hydrogen-bond acceptors (Lipinski definition) is 8. The third-order valence-corrected chi connectivity index (χ3v) is 4.66. The molecule has 0 aliphatic carbocycles. The second kappa shape index (κ2) is 9.65. The van der Waals surface area contributed by atoms with E-state index in [1.165, 1.54) is 0 Å². The van der Waals surface area contributed by atoms with Crippen molar-refractivity contribution in [2.45, 2.75) is 38.4 Å². The van der Waals surface area contributed by atoms with E-state index in [1.807, 2.05) is 11.0 Å². The lowest BCUT2D eigenvalue weighted by Crippen LogP contribution is -2.46. The number of aliphatic hydroxyl groups is 3. The minimum absolute atomic E-state index is 0.0198. The molecule has 2 fully saturated rings. The average Bonchev–Trinajstić information content (AvgIpc) is 2.62. The Morgan fingerprint density at radius 1 is 1.19 bits per heavy atom. The van der Waals surface area contributed by atoms with E-state index >= 15 is 0 Å². The van der Waals surface area contributed by atoms with Crippen LogP contribution in [0.2, 0.25) is 0 Å². The second-order valence-electron chi connectivity index (χ2n) is 6.70. The molecule has 2 aliphatic rings. The van der Waals surface area contributed by atoms with E-state index < -0.39 is 12.1 Å². The van der Waals surface area contributed by atoms with Gasteiger partial charge in [0.1, 0.15) is 5.82 Å². The van der Waals surface area contributed by atoms with Crippen LogP contribution in [0.15, 0.2) is 12.3 Å². The number of hydrogen-bond donors (Lipinski definition) is 4. The van der Waals surface area contributed by atoms with Crippen molar-refractivity contribution in [2.24, 2.45) is 5.92 Å². The summed E-state index contributed by atoms with van der Waals surface area (Å²) in [6, 6.07) is 1.89. The van der Waals surface area contributed by atoms with Gasteiger partial charge in [-0.05, 0) is 25.3 Å². The molecule has 1 aromatic rings. The van der Waals surface area contributed by atoms with Crippen LogP contribution in [-0.2, 0) is 4.79 Å². The topological polar surface area (TPSA) is 130 Å². The minimum atomic E-state index is -0.833. The molecule has 0 radical (unpaired) electrons. The molecular weight excluding hydrogens is 340 g/mol. The van der Waals surface area contributed by atoms with Crippen LogP contribution < -0.4 is 9.80 Å². The first-order chi connectivity index (χ1) is 12.4. The highest BCUT2D eigenvalue weighted by molar-refractivity contribution is 5.62. The Bertz CT molecular complexity index is 576. The number of aliphatic hydroxyl groups excluding tert-OH is 3. The summed E-state index contributed by atoms with van der Waals surface area (Å²) in [5.74, 6) is 0.609. The minimum Gasteiger partial charge on any atom is -0.481 e. The molecule has 2 saturated heterocycles. The number of aromatic nitrogens is 2. The predicted molar refractivity (Wildman–Crippen MR) is 96.2 cm³/mol. The fourth-order valence-electron chi connectivity index (χ4n) is 3.14. The molecule has 3 heterocycles. The Morgan fingerprint density at radius 2 is 1.81 bits per heavy atom. The summed E-state index contributed by atoms with van der Waals surface area (Å²) >= 11 is 0. The van der Waals surface area contributed by atoms with E-state index in [0.717, 1.165) is 51.6 Å². The Labute approximate surface area is 152 Å². The summed E-state index contributed by atoms with van der Waals surface area (Å²) in [6.45, 7) is 3.89. The monoisotopic (exact) mass is 368 g/mol. The maximum atomic E-state index is 10.1. The Balaban J connectivity index is 0.000000552. The maximum Gasteiger partial charge on any atom is 0.300 e. The molecule has 146 valence electrons. The van der Waals surface area contributed by atoms with Crippen LogP contribution in [0.1, 0.15) is 26.2 Å². The van der Waals surface area contributed by atoms with E-state index in [2.05, 4.69) is 14.9 Å². The molecule has 2 atom stereocenters. The van der Waals surface area contributed by atoms with Crippen molar-refractivity contribution in [3.63, 3.8) is 0 Å². The number of nitrogens with zero attached hydrogens (tertiary/aromatic N) is 4. The van der Waals surface area contributed by atoms with Crippen molar-refractivity contribution >= 4 is 17.7 Å². The lowest BCUT2D eigenvalue weighted by molar-refractivity contribution is -0.134. The van der Waals surface area contributed by atoms with Gasteiger partial charge in [0.2, 0.25) is 5.95 Å². The highest BCUT2D eigenvalue weighted by atomic mass is 16.4. The van der Waals surface area contributed by atoms with Crippen molar-refractivity contribution in [3.05, 3.63) is 12.3 Å². The third kappa shape index (κ3) is 5.79. The molecule has 9 nitrogen and oxygen atoms in total. The van der Waals surface area contributed by atoms with Crippen molar-refractivity contribution in [2.75, 3.05) is 42.6 Å². The van der Waals surface area contributed by atoms with Crippen LogP contribution in [0.25, 0.3) is 0 Å². The highest BCUT2D eigenvalue weighted by Gasteiger charge is 2.28. The molecule has 9 heteroatoms. The van der Waals surface area contributed by atoms with Crippen molar-refractivity contribution in [3.8, 4) is 0 Å². The molecular formula is C17H28N4O5. The largest absolute Gasteiger partial charge is 0.481 e. The van der Waals surface area contributed by atoms with Gasteiger partial charge >= 0.3 is 0 Å². The summed E-state index contributed by atoms with van der Waals surface area (Å²) < 4.78 is 0. The van der Waals surface area contributed by atoms with Crippen LogP contribution >= 0.6 is 0 Å². The molecule has 1 aromatic heterocycles. The standard InChI is InChI=1S/C15H24N4O3.C2H4O2/c20-10-11-2-6-19(9-13(11)22)15-16-5-1-14(17-15)18-7-3-12(21)4-8-18;1-2(3)4/h1,5,11-13,20-22H,2-4,6-10H2;1H3,(H,3,4)/t11-,13+;/m1./s1. The van der Waals surface area contributed by atoms with Gasteiger partial charge in [0.15, 0.2) is 0 Å². The first-order valence-corrected chi connectivity index (χ1v) is 8.90. The molecule has 0 aromatic carbocycles. The molecule has 2 aliphatic heterocycles. The fraction of sp³-hybridized carbons (Fsp3) is 0.706. The summed E-state index contributed by atoms with van der Waals surface area (Å²) in [5.41, 5.74) is 0. The Kier molecular flexibility index (Phi) is 7.55. The smallest absolute Gasteiger partial charge is 0.300 e. The molecule has 0 saturated carbocycles. The van der Waals surface area contributed by atoms with Gasteiger partial charge in [0, 0.05) is 51.8 Å². The number of anilines is 2. The summed E-state index contributed by atoms with van der Waals surface area (Å²) in [6.07, 6.45) is 3.26. The van der Waals surface area contributed by atoms with Crippen LogP contribution in [0.4, 0.5) is 11.8 Å². The van der Waals surface area contributed by atoms with Crippen molar-refractivity contribution < 1.29 is 25.2 Å². The van der Waals surface area contributed by atoms with E-state index in [1.54, 1.807) is 6.20 Å². The van der Waals surface area contributed by atoms with E-state index in [9.17, 15) is 15.3 Å². The van der Waals surface area contributed by atoms with Crippen LogP contribution in [0, 0.1) is 5.92 Å². The zero-order valence-electron chi connectivity index (χ0n) is 15.0. The number of aliphatic carboxylic acids is 1. The van der Waals surface area contributed by atoms with Gasteiger partial charge in [-0.15, -0.1) is 0 Å².